The van der Waals surface area contributed by atoms with Crippen LogP contribution in [-0.4, -0.2) is 11.6 Å². The fourth-order valence-corrected chi connectivity index (χ4v) is 2.57. The Morgan fingerprint density at radius 3 is 2.56 bits per heavy atom. The molecule has 0 bridgehead atoms. The van der Waals surface area contributed by atoms with Crippen LogP contribution in [0.2, 0.25) is 5.02 Å². The number of hydrogen-bond donors (Lipinski definition) is 0. The first kappa shape index (κ1) is 13.2. The minimum atomic E-state index is -0.422. The van der Waals surface area contributed by atoms with Crippen molar-refractivity contribution in [1.29, 1.82) is 0 Å². The summed E-state index contributed by atoms with van der Waals surface area (Å²) < 4.78 is 13.5. The Morgan fingerprint density at radius 2 is 1.94 bits per heavy atom. The Morgan fingerprint density at radius 1 is 1.33 bits per heavy atom. The van der Waals surface area contributed by atoms with E-state index in [2.05, 4.69) is 0 Å². The lowest BCUT2D eigenvalue weighted by molar-refractivity contribution is -0.120. The second-order valence-corrected chi connectivity index (χ2v) is 5.17. The highest BCUT2D eigenvalue weighted by molar-refractivity contribution is 6.34. The van der Waals surface area contributed by atoms with Crippen LogP contribution in [0.3, 0.4) is 0 Å². The third kappa shape index (κ3) is 2.61. The quantitative estimate of drug-likeness (QED) is 0.766. The summed E-state index contributed by atoms with van der Waals surface area (Å²) in [6.07, 6.45) is 1.96. The lowest BCUT2D eigenvalue weighted by atomic mass is 9.83. The summed E-state index contributed by atoms with van der Waals surface area (Å²) in [7, 11) is 0. The molecule has 0 amide bonds. The SMILES string of the molecule is Cc1cc(Cl)c(C(=O)C2CCC(=O)CC2)cc1F. The standard InChI is InChI=1S/C14H14ClFO2/c1-8-6-12(15)11(7-13(8)16)14(18)9-2-4-10(17)5-3-9/h6-7,9H,2-5H2,1H3. The van der Waals surface area contributed by atoms with E-state index in [9.17, 15) is 14.0 Å². The highest BCUT2D eigenvalue weighted by Crippen LogP contribution is 2.29. The zero-order valence-electron chi connectivity index (χ0n) is 10.1. The van der Waals surface area contributed by atoms with E-state index in [0.29, 0.717) is 31.2 Å². The van der Waals surface area contributed by atoms with Gasteiger partial charge in [0.15, 0.2) is 5.78 Å². The molecule has 0 atom stereocenters. The van der Waals surface area contributed by atoms with Crippen LogP contribution >= 0.6 is 11.6 Å². The van der Waals surface area contributed by atoms with Gasteiger partial charge in [-0.25, -0.2) is 4.39 Å². The molecule has 1 aliphatic carbocycles. The van der Waals surface area contributed by atoms with Crippen molar-refractivity contribution in [2.75, 3.05) is 0 Å². The summed E-state index contributed by atoms with van der Waals surface area (Å²) in [6, 6.07) is 2.68. The number of carbonyl (C=O) groups is 2. The lowest BCUT2D eigenvalue weighted by Crippen LogP contribution is -2.22. The predicted octanol–water partition coefficient (Wildman–Crippen LogP) is 3.73. The van der Waals surface area contributed by atoms with Gasteiger partial charge >= 0.3 is 0 Å². The molecular formula is C14H14ClFO2. The van der Waals surface area contributed by atoms with E-state index in [-0.39, 0.29) is 28.1 Å². The molecule has 4 heteroatoms. The van der Waals surface area contributed by atoms with Gasteiger partial charge < -0.3 is 0 Å². The summed E-state index contributed by atoms with van der Waals surface area (Å²) in [5, 5.41) is 0.288. The molecule has 0 N–H and O–H groups in total. The zero-order valence-corrected chi connectivity index (χ0v) is 10.9. The van der Waals surface area contributed by atoms with Crippen molar-refractivity contribution in [3.05, 3.63) is 34.1 Å². The Balaban J connectivity index is 2.23. The molecule has 0 saturated heterocycles. The van der Waals surface area contributed by atoms with Gasteiger partial charge in [-0.2, -0.15) is 0 Å². The number of benzene rings is 1. The van der Waals surface area contributed by atoms with Crippen LogP contribution in [-0.2, 0) is 4.79 Å². The topological polar surface area (TPSA) is 34.1 Å². The third-order valence-electron chi connectivity index (χ3n) is 3.43. The number of hydrogen-bond acceptors (Lipinski definition) is 2. The minimum Gasteiger partial charge on any atom is -0.300 e. The average Bonchev–Trinajstić information content (AvgIpc) is 2.34. The van der Waals surface area contributed by atoms with Crippen molar-refractivity contribution in [3.63, 3.8) is 0 Å². The fraction of sp³-hybridized carbons (Fsp3) is 0.429. The molecule has 1 aromatic carbocycles. The van der Waals surface area contributed by atoms with Crippen molar-refractivity contribution in [2.45, 2.75) is 32.6 Å². The summed E-state index contributed by atoms with van der Waals surface area (Å²) in [4.78, 5) is 23.4. The van der Waals surface area contributed by atoms with Crippen LogP contribution in [0.25, 0.3) is 0 Å². The minimum absolute atomic E-state index is 0.147. The maximum atomic E-state index is 13.5. The molecule has 0 aromatic heterocycles. The van der Waals surface area contributed by atoms with Gasteiger partial charge in [0.25, 0.3) is 0 Å². The first-order valence-electron chi connectivity index (χ1n) is 6.00. The van der Waals surface area contributed by atoms with Crippen LogP contribution in [0.15, 0.2) is 12.1 Å². The van der Waals surface area contributed by atoms with Crippen LogP contribution in [0, 0.1) is 18.7 Å². The van der Waals surface area contributed by atoms with Crippen molar-refractivity contribution in [2.24, 2.45) is 5.92 Å². The Hall–Kier alpha value is -1.22. The largest absolute Gasteiger partial charge is 0.300 e. The number of ketones is 2. The third-order valence-corrected chi connectivity index (χ3v) is 3.74. The van der Waals surface area contributed by atoms with Gasteiger partial charge in [0.05, 0.1) is 5.02 Å². The lowest BCUT2D eigenvalue weighted by Gasteiger charge is -2.20. The van der Waals surface area contributed by atoms with E-state index in [1.807, 2.05) is 0 Å². The van der Waals surface area contributed by atoms with Crippen molar-refractivity contribution in [3.8, 4) is 0 Å². The van der Waals surface area contributed by atoms with E-state index in [0.717, 1.165) is 0 Å². The molecule has 0 aliphatic heterocycles. The highest BCUT2D eigenvalue weighted by Gasteiger charge is 2.27. The molecule has 0 unspecified atom stereocenters. The summed E-state index contributed by atoms with van der Waals surface area (Å²) in [5.41, 5.74) is 0.662. The molecule has 0 radical (unpaired) electrons. The molecule has 1 aromatic rings. The molecule has 1 fully saturated rings. The van der Waals surface area contributed by atoms with E-state index < -0.39 is 5.82 Å². The van der Waals surface area contributed by atoms with Crippen LogP contribution in [0.4, 0.5) is 4.39 Å². The Kier molecular flexibility index (Phi) is 3.81. The molecule has 96 valence electrons. The first-order chi connectivity index (χ1) is 8.49. The molecule has 18 heavy (non-hydrogen) atoms. The molecular weight excluding hydrogens is 255 g/mol. The maximum Gasteiger partial charge on any atom is 0.167 e. The van der Waals surface area contributed by atoms with Gasteiger partial charge in [0, 0.05) is 24.3 Å². The molecule has 0 heterocycles. The second kappa shape index (κ2) is 5.19. The highest BCUT2D eigenvalue weighted by atomic mass is 35.5. The molecule has 0 spiro atoms. The number of halogens is 2. The zero-order chi connectivity index (χ0) is 13.3. The Bertz CT molecular complexity index is 501. The van der Waals surface area contributed by atoms with Crippen molar-refractivity contribution < 1.29 is 14.0 Å². The number of rotatable bonds is 2. The van der Waals surface area contributed by atoms with Crippen molar-refractivity contribution in [1.82, 2.24) is 0 Å². The number of Topliss-reactive ketones (excluding diaryl/α,β-unsaturated/α-hetero) is 2. The number of carbonyl (C=O) groups excluding carboxylic acids is 2. The molecule has 2 rings (SSSR count). The maximum absolute atomic E-state index is 13.5. The predicted molar refractivity (Wildman–Crippen MR) is 67.4 cm³/mol. The van der Waals surface area contributed by atoms with Crippen LogP contribution in [0.1, 0.15) is 41.6 Å². The summed E-state index contributed by atoms with van der Waals surface area (Å²) in [6.45, 7) is 1.61. The average molecular weight is 269 g/mol. The van der Waals surface area contributed by atoms with Crippen molar-refractivity contribution >= 4 is 23.2 Å². The molecule has 1 aliphatic rings. The molecule has 2 nitrogen and oxygen atoms in total. The van der Waals surface area contributed by atoms with Gasteiger partial charge in [0.2, 0.25) is 0 Å². The van der Waals surface area contributed by atoms with Gasteiger partial charge in [-0.1, -0.05) is 11.6 Å². The first-order valence-corrected chi connectivity index (χ1v) is 6.38. The second-order valence-electron chi connectivity index (χ2n) is 4.76. The van der Waals surface area contributed by atoms with Gasteiger partial charge in [-0.15, -0.1) is 0 Å². The van der Waals surface area contributed by atoms with Gasteiger partial charge in [-0.3, -0.25) is 9.59 Å². The smallest absolute Gasteiger partial charge is 0.167 e. The Labute approximate surface area is 110 Å². The van der Waals surface area contributed by atoms with Crippen LogP contribution < -0.4 is 0 Å². The van der Waals surface area contributed by atoms with E-state index in [1.165, 1.54) is 12.1 Å². The van der Waals surface area contributed by atoms with E-state index in [4.69, 9.17) is 11.6 Å². The normalized spacial score (nSPS) is 16.9. The molecule has 1 saturated carbocycles. The summed E-state index contributed by atoms with van der Waals surface area (Å²) >= 11 is 5.99. The van der Waals surface area contributed by atoms with E-state index in [1.54, 1.807) is 6.92 Å². The monoisotopic (exact) mass is 268 g/mol. The fourth-order valence-electron chi connectivity index (χ4n) is 2.26. The summed E-state index contributed by atoms with van der Waals surface area (Å²) in [5.74, 6) is -0.580. The number of aryl methyl sites for hydroxylation is 1. The van der Waals surface area contributed by atoms with E-state index >= 15 is 0 Å². The van der Waals surface area contributed by atoms with Gasteiger partial charge in [-0.05, 0) is 37.5 Å². The van der Waals surface area contributed by atoms with Gasteiger partial charge in [0.1, 0.15) is 11.6 Å². The van der Waals surface area contributed by atoms with Crippen LogP contribution in [0.5, 0.6) is 0 Å².